The molecule has 7 nitrogen and oxygen atoms in total. The van der Waals surface area contributed by atoms with E-state index in [0.29, 0.717) is 30.2 Å². The summed E-state index contributed by atoms with van der Waals surface area (Å²) in [4.78, 5) is 25.8. The van der Waals surface area contributed by atoms with Gasteiger partial charge in [0.1, 0.15) is 6.54 Å². The van der Waals surface area contributed by atoms with Crippen molar-refractivity contribution in [2.45, 2.75) is 19.0 Å². The van der Waals surface area contributed by atoms with Crippen LogP contribution in [0, 0.1) is 0 Å². The van der Waals surface area contributed by atoms with Crippen LogP contribution in [0.2, 0.25) is 0 Å². The Kier molecular flexibility index (Phi) is 6.16. The number of esters is 1. The Morgan fingerprint density at radius 3 is 2.43 bits per heavy atom. The number of methoxy groups -OCH3 is 3. The number of benzene rings is 2. The Labute approximate surface area is 164 Å². The first-order valence-corrected chi connectivity index (χ1v) is 9.06. The molecule has 2 atom stereocenters. The first-order valence-electron chi connectivity index (χ1n) is 9.06. The van der Waals surface area contributed by atoms with Crippen molar-refractivity contribution in [3.05, 3.63) is 53.6 Å². The fraction of sp³-hybridized carbons (Fsp3) is 0.333. The Bertz CT molecular complexity index is 868. The molecule has 2 N–H and O–H groups in total. The number of hydrogen-bond donors (Lipinski definition) is 2. The SMILES string of the molecule is COC(=O)[C@H]1Cc2ccccc2C[NH+]1CC(=O)Nc1ccc(OC)c(OC)c1. The summed E-state index contributed by atoms with van der Waals surface area (Å²) >= 11 is 0. The maximum Gasteiger partial charge on any atom is 0.365 e. The molecule has 0 aliphatic carbocycles. The second-order valence-corrected chi connectivity index (χ2v) is 6.68. The fourth-order valence-electron chi connectivity index (χ4n) is 3.56. The summed E-state index contributed by atoms with van der Waals surface area (Å²) < 4.78 is 15.4. The average molecular weight is 385 g/mol. The van der Waals surface area contributed by atoms with Crippen molar-refractivity contribution in [2.24, 2.45) is 0 Å². The maximum atomic E-state index is 12.6. The summed E-state index contributed by atoms with van der Waals surface area (Å²) in [5, 5.41) is 2.87. The number of carbonyl (C=O) groups excluding carboxylic acids is 2. The van der Waals surface area contributed by atoms with Gasteiger partial charge in [-0.1, -0.05) is 24.3 Å². The van der Waals surface area contributed by atoms with E-state index in [1.807, 2.05) is 24.3 Å². The molecule has 0 saturated carbocycles. The van der Waals surface area contributed by atoms with Gasteiger partial charge in [-0.05, 0) is 17.7 Å². The zero-order chi connectivity index (χ0) is 20.1. The molecule has 0 radical (unpaired) electrons. The lowest BCUT2D eigenvalue weighted by Crippen LogP contribution is -3.17. The molecule has 1 unspecified atom stereocenters. The Morgan fingerprint density at radius 1 is 1.04 bits per heavy atom. The number of anilines is 1. The number of hydrogen-bond acceptors (Lipinski definition) is 5. The summed E-state index contributed by atoms with van der Waals surface area (Å²) in [6.07, 6.45) is 0.557. The standard InChI is InChI=1S/C21H24N2O5/c1-26-18-9-8-16(11-19(18)27-2)22-20(24)13-23-12-15-7-5-4-6-14(15)10-17(23)21(25)28-3/h4-9,11,17H,10,12-13H2,1-3H3,(H,22,24)/p+1/t17-/m1/s1. The largest absolute Gasteiger partial charge is 0.493 e. The van der Waals surface area contributed by atoms with Crippen LogP contribution in [0.1, 0.15) is 11.1 Å². The smallest absolute Gasteiger partial charge is 0.365 e. The van der Waals surface area contributed by atoms with Gasteiger partial charge in [-0.2, -0.15) is 0 Å². The van der Waals surface area contributed by atoms with E-state index in [9.17, 15) is 9.59 Å². The van der Waals surface area contributed by atoms with Gasteiger partial charge in [-0.25, -0.2) is 4.79 Å². The van der Waals surface area contributed by atoms with Crippen molar-refractivity contribution in [3.8, 4) is 11.5 Å². The summed E-state index contributed by atoms with van der Waals surface area (Å²) in [6.45, 7) is 0.748. The molecule has 2 aromatic carbocycles. The number of carbonyl (C=O) groups is 2. The van der Waals surface area contributed by atoms with E-state index in [1.165, 1.54) is 7.11 Å². The normalized spacial score (nSPS) is 18.0. The predicted octanol–water partition coefficient (Wildman–Crippen LogP) is 0.825. The molecular formula is C21H25N2O5+. The third-order valence-corrected chi connectivity index (χ3v) is 4.99. The number of ether oxygens (including phenoxy) is 3. The van der Waals surface area contributed by atoms with Crippen LogP contribution < -0.4 is 19.7 Å². The molecule has 1 heterocycles. The first kappa shape index (κ1) is 19.7. The van der Waals surface area contributed by atoms with Crippen LogP contribution >= 0.6 is 0 Å². The highest BCUT2D eigenvalue weighted by Gasteiger charge is 2.37. The molecule has 1 aliphatic heterocycles. The zero-order valence-corrected chi connectivity index (χ0v) is 16.3. The van der Waals surface area contributed by atoms with E-state index >= 15 is 0 Å². The van der Waals surface area contributed by atoms with Gasteiger partial charge in [0, 0.05) is 23.7 Å². The number of fused-ring (bicyclic) bond motifs is 1. The number of quaternary nitrogens is 1. The molecule has 0 bridgehead atoms. The summed E-state index contributed by atoms with van der Waals surface area (Å²) in [6, 6.07) is 12.8. The zero-order valence-electron chi connectivity index (χ0n) is 16.3. The highest BCUT2D eigenvalue weighted by molar-refractivity contribution is 5.92. The maximum absolute atomic E-state index is 12.6. The monoisotopic (exact) mass is 385 g/mol. The molecule has 0 saturated heterocycles. The molecule has 7 heteroatoms. The van der Waals surface area contributed by atoms with E-state index in [0.717, 1.165) is 16.0 Å². The fourth-order valence-corrected chi connectivity index (χ4v) is 3.56. The van der Waals surface area contributed by atoms with Gasteiger partial charge in [-0.15, -0.1) is 0 Å². The van der Waals surface area contributed by atoms with Crippen molar-refractivity contribution in [1.29, 1.82) is 0 Å². The molecule has 2 aromatic rings. The van der Waals surface area contributed by atoms with Crippen molar-refractivity contribution in [2.75, 3.05) is 33.2 Å². The van der Waals surface area contributed by atoms with Crippen LogP contribution in [0.15, 0.2) is 42.5 Å². The first-order chi connectivity index (χ1) is 13.5. The topological polar surface area (TPSA) is 78.3 Å². The third kappa shape index (κ3) is 4.26. The van der Waals surface area contributed by atoms with Gasteiger partial charge in [0.25, 0.3) is 5.91 Å². The minimum Gasteiger partial charge on any atom is -0.493 e. The summed E-state index contributed by atoms with van der Waals surface area (Å²) in [5.74, 6) is 0.635. The van der Waals surface area contributed by atoms with Crippen LogP contribution in [0.5, 0.6) is 11.5 Å². The van der Waals surface area contributed by atoms with E-state index < -0.39 is 6.04 Å². The number of rotatable bonds is 6. The van der Waals surface area contributed by atoms with Crippen LogP contribution in [-0.4, -0.2) is 45.8 Å². The van der Waals surface area contributed by atoms with Crippen LogP contribution in [-0.2, 0) is 27.3 Å². The molecule has 1 aliphatic rings. The second kappa shape index (κ2) is 8.75. The molecular weight excluding hydrogens is 360 g/mol. The van der Waals surface area contributed by atoms with E-state index in [1.54, 1.807) is 32.4 Å². The second-order valence-electron chi connectivity index (χ2n) is 6.68. The Morgan fingerprint density at radius 2 is 1.75 bits per heavy atom. The van der Waals surface area contributed by atoms with E-state index in [-0.39, 0.29) is 18.4 Å². The molecule has 28 heavy (non-hydrogen) atoms. The van der Waals surface area contributed by atoms with Crippen LogP contribution in [0.25, 0.3) is 0 Å². The highest BCUT2D eigenvalue weighted by atomic mass is 16.5. The molecule has 148 valence electrons. The Balaban J connectivity index is 1.73. The van der Waals surface area contributed by atoms with Crippen molar-refractivity contribution >= 4 is 17.6 Å². The number of amides is 1. The van der Waals surface area contributed by atoms with Crippen LogP contribution in [0.3, 0.4) is 0 Å². The summed E-state index contributed by atoms with van der Waals surface area (Å²) in [7, 11) is 4.48. The molecule has 0 fully saturated rings. The van der Waals surface area contributed by atoms with Gasteiger partial charge in [0.2, 0.25) is 0 Å². The van der Waals surface area contributed by atoms with E-state index in [4.69, 9.17) is 14.2 Å². The average Bonchev–Trinajstić information content (AvgIpc) is 2.72. The lowest BCUT2D eigenvalue weighted by Gasteiger charge is -2.31. The van der Waals surface area contributed by atoms with E-state index in [2.05, 4.69) is 5.32 Å². The Hall–Kier alpha value is -3.06. The van der Waals surface area contributed by atoms with Gasteiger partial charge in [0.05, 0.1) is 21.3 Å². The quantitative estimate of drug-likeness (QED) is 0.720. The molecule has 0 spiro atoms. The van der Waals surface area contributed by atoms with Crippen molar-refractivity contribution in [1.82, 2.24) is 0 Å². The third-order valence-electron chi connectivity index (χ3n) is 4.99. The summed E-state index contributed by atoms with van der Waals surface area (Å²) in [5.41, 5.74) is 2.88. The van der Waals surface area contributed by atoms with Crippen molar-refractivity contribution in [3.63, 3.8) is 0 Å². The van der Waals surface area contributed by atoms with Gasteiger partial charge in [-0.3, -0.25) is 4.79 Å². The van der Waals surface area contributed by atoms with Gasteiger partial charge in [0.15, 0.2) is 24.1 Å². The number of nitrogens with one attached hydrogen (secondary N) is 2. The van der Waals surface area contributed by atoms with Gasteiger partial charge >= 0.3 is 5.97 Å². The molecule has 0 aromatic heterocycles. The molecule has 1 amide bonds. The predicted molar refractivity (Wildman–Crippen MR) is 104 cm³/mol. The molecule has 3 rings (SSSR count). The minimum absolute atomic E-state index is 0.155. The van der Waals surface area contributed by atoms with Gasteiger partial charge < -0.3 is 24.4 Å². The van der Waals surface area contributed by atoms with Crippen LogP contribution in [0.4, 0.5) is 5.69 Å². The lowest BCUT2D eigenvalue weighted by atomic mass is 9.94. The van der Waals surface area contributed by atoms with Crippen molar-refractivity contribution < 1.29 is 28.7 Å². The minimum atomic E-state index is -0.406. The highest BCUT2D eigenvalue weighted by Crippen LogP contribution is 2.29. The lowest BCUT2D eigenvalue weighted by molar-refractivity contribution is -0.924.